The van der Waals surface area contributed by atoms with Crippen molar-refractivity contribution in [2.45, 2.75) is 6.18 Å². The number of hydrogen-bond donors (Lipinski definition) is 0. The van der Waals surface area contributed by atoms with E-state index in [-0.39, 0.29) is 31.4 Å². The Balaban J connectivity index is 1.92. The topological polar surface area (TPSA) is 49.9 Å². The fourth-order valence-corrected chi connectivity index (χ4v) is 1.91. The van der Waals surface area contributed by atoms with Gasteiger partial charge < -0.3 is 9.64 Å². The Hall–Kier alpha value is -2.25. The van der Waals surface area contributed by atoms with Gasteiger partial charge in [0.15, 0.2) is 0 Å². The lowest BCUT2D eigenvalue weighted by Crippen LogP contribution is -2.35. The zero-order valence-corrected chi connectivity index (χ0v) is 11.2. The van der Waals surface area contributed by atoms with E-state index >= 15 is 0 Å². The number of carbonyl (C=O) groups excluding carboxylic acids is 2. The Morgan fingerprint density at radius 1 is 1.29 bits per heavy atom. The fourth-order valence-electron chi connectivity index (χ4n) is 1.91. The van der Waals surface area contributed by atoms with Crippen molar-refractivity contribution in [2.75, 3.05) is 26.7 Å². The number of hydrogen-bond acceptors (Lipinski definition) is 3. The first-order chi connectivity index (χ1) is 9.79. The van der Waals surface area contributed by atoms with Crippen molar-refractivity contribution in [3.05, 3.63) is 29.8 Å². The van der Waals surface area contributed by atoms with Crippen LogP contribution in [0, 0.1) is 0 Å². The summed E-state index contributed by atoms with van der Waals surface area (Å²) < 4.78 is 42.7. The third-order valence-electron chi connectivity index (χ3n) is 2.98. The van der Waals surface area contributed by atoms with Crippen LogP contribution in [0.4, 0.5) is 18.0 Å². The SMILES string of the molecule is CN1CC(=O)N(CCOc2cccc(C(F)(F)F)c2)C1=O. The molecule has 0 N–H and O–H groups in total. The maximum absolute atomic E-state index is 12.5. The summed E-state index contributed by atoms with van der Waals surface area (Å²) in [5.41, 5.74) is -0.812. The molecule has 1 saturated heterocycles. The van der Waals surface area contributed by atoms with Gasteiger partial charge in [-0.05, 0) is 18.2 Å². The first kappa shape index (κ1) is 15.1. The van der Waals surface area contributed by atoms with E-state index in [1.807, 2.05) is 0 Å². The molecule has 1 aromatic carbocycles. The summed E-state index contributed by atoms with van der Waals surface area (Å²) in [4.78, 5) is 25.3. The van der Waals surface area contributed by atoms with Crippen LogP contribution in [0.1, 0.15) is 5.56 Å². The molecule has 5 nitrogen and oxygen atoms in total. The fraction of sp³-hybridized carbons (Fsp3) is 0.385. The molecule has 1 fully saturated rings. The quantitative estimate of drug-likeness (QED) is 0.799. The Morgan fingerprint density at radius 3 is 2.57 bits per heavy atom. The molecule has 0 radical (unpaired) electrons. The average molecular weight is 302 g/mol. The summed E-state index contributed by atoms with van der Waals surface area (Å²) >= 11 is 0. The number of urea groups is 1. The molecule has 1 aliphatic heterocycles. The van der Waals surface area contributed by atoms with E-state index < -0.39 is 17.8 Å². The third-order valence-corrected chi connectivity index (χ3v) is 2.98. The van der Waals surface area contributed by atoms with E-state index in [1.165, 1.54) is 24.1 Å². The largest absolute Gasteiger partial charge is 0.492 e. The van der Waals surface area contributed by atoms with Gasteiger partial charge in [-0.1, -0.05) is 6.07 Å². The zero-order valence-electron chi connectivity index (χ0n) is 11.2. The van der Waals surface area contributed by atoms with Crippen molar-refractivity contribution in [1.82, 2.24) is 9.80 Å². The molecular weight excluding hydrogens is 289 g/mol. The van der Waals surface area contributed by atoms with Gasteiger partial charge >= 0.3 is 12.2 Å². The molecule has 2 rings (SSSR count). The van der Waals surface area contributed by atoms with Crippen LogP contribution in [-0.2, 0) is 11.0 Å². The number of benzene rings is 1. The molecule has 1 heterocycles. The predicted octanol–water partition coefficient (Wildman–Crippen LogP) is 1.98. The molecule has 8 heteroatoms. The number of nitrogens with zero attached hydrogens (tertiary/aromatic N) is 2. The molecular formula is C13H13F3N2O3. The van der Waals surface area contributed by atoms with Crippen molar-refractivity contribution in [1.29, 1.82) is 0 Å². The molecule has 1 aliphatic rings. The van der Waals surface area contributed by atoms with Crippen molar-refractivity contribution in [3.63, 3.8) is 0 Å². The molecule has 114 valence electrons. The van der Waals surface area contributed by atoms with Crippen LogP contribution in [0.25, 0.3) is 0 Å². The van der Waals surface area contributed by atoms with Crippen LogP contribution in [0.15, 0.2) is 24.3 Å². The molecule has 0 bridgehead atoms. The zero-order chi connectivity index (χ0) is 15.6. The van der Waals surface area contributed by atoms with Gasteiger partial charge in [0, 0.05) is 7.05 Å². The Labute approximate surface area is 118 Å². The highest BCUT2D eigenvalue weighted by Crippen LogP contribution is 2.31. The minimum atomic E-state index is -4.44. The van der Waals surface area contributed by atoms with Crippen molar-refractivity contribution in [3.8, 4) is 5.75 Å². The van der Waals surface area contributed by atoms with Gasteiger partial charge in [0.2, 0.25) is 5.91 Å². The maximum Gasteiger partial charge on any atom is 0.416 e. The Kier molecular flexibility index (Phi) is 4.06. The standard InChI is InChI=1S/C13H13F3N2O3/c1-17-8-11(19)18(12(17)20)5-6-21-10-4-2-3-9(7-10)13(14,15)16/h2-4,7H,5-6,8H2,1H3. The van der Waals surface area contributed by atoms with Gasteiger partial charge in [-0.15, -0.1) is 0 Å². The van der Waals surface area contributed by atoms with Gasteiger partial charge in [-0.25, -0.2) is 4.79 Å². The number of carbonyl (C=O) groups is 2. The van der Waals surface area contributed by atoms with Crippen LogP contribution in [0.5, 0.6) is 5.75 Å². The van der Waals surface area contributed by atoms with Crippen molar-refractivity contribution in [2.24, 2.45) is 0 Å². The molecule has 21 heavy (non-hydrogen) atoms. The third kappa shape index (κ3) is 3.45. The molecule has 3 amide bonds. The van der Waals surface area contributed by atoms with E-state index in [0.29, 0.717) is 0 Å². The Morgan fingerprint density at radius 2 is 2.00 bits per heavy atom. The first-order valence-electron chi connectivity index (χ1n) is 6.14. The second-order valence-electron chi connectivity index (χ2n) is 4.56. The van der Waals surface area contributed by atoms with Crippen LogP contribution >= 0.6 is 0 Å². The second-order valence-corrected chi connectivity index (χ2v) is 4.56. The Bertz CT molecular complexity index is 560. The molecule has 0 aliphatic carbocycles. The monoisotopic (exact) mass is 302 g/mol. The molecule has 1 aromatic rings. The highest BCUT2D eigenvalue weighted by Gasteiger charge is 2.33. The second kappa shape index (κ2) is 5.63. The van der Waals surface area contributed by atoms with Crippen LogP contribution in [0.2, 0.25) is 0 Å². The summed E-state index contributed by atoms with van der Waals surface area (Å²) in [5.74, 6) is -0.313. The summed E-state index contributed by atoms with van der Waals surface area (Å²) in [6.45, 7) is -0.0622. The summed E-state index contributed by atoms with van der Waals surface area (Å²) in [5, 5.41) is 0. The van der Waals surface area contributed by atoms with E-state index in [9.17, 15) is 22.8 Å². The minimum Gasteiger partial charge on any atom is -0.492 e. The first-order valence-corrected chi connectivity index (χ1v) is 6.14. The predicted molar refractivity (Wildman–Crippen MR) is 66.7 cm³/mol. The summed E-state index contributed by atoms with van der Waals surface area (Å²) in [6, 6.07) is 4.00. The molecule has 0 saturated carbocycles. The highest BCUT2D eigenvalue weighted by molar-refractivity contribution is 6.01. The lowest BCUT2D eigenvalue weighted by Gasteiger charge is -2.15. The number of imide groups is 1. The number of halogens is 3. The smallest absolute Gasteiger partial charge is 0.416 e. The van der Waals surface area contributed by atoms with Gasteiger partial charge in [0.05, 0.1) is 12.1 Å². The molecule has 0 spiro atoms. The normalized spacial score (nSPS) is 15.8. The van der Waals surface area contributed by atoms with Gasteiger partial charge in [-0.2, -0.15) is 13.2 Å². The minimum absolute atomic E-state index is 0.00173. The molecule has 0 aromatic heterocycles. The van der Waals surface area contributed by atoms with Crippen LogP contribution in [0.3, 0.4) is 0 Å². The number of amides is 3. The number of alkyl halides is 3. The number of rotatable bonds is 4. The average Bonchev–Trinajstić information content (AvgIpc) is 2.64. The van der Waals surface area contributed by atoms with Gasteiger partial charge in [0.1, 0.15) is 18.9 Å². The van der Waals surface area contributed by atoms with E-state index in [0.717, 1.165) is 17.0 Å². The van der Waals surface area contributed by atoms with Crippen molar-refractivity contribution < 1.29 is 27.5 Å². The number of likely N-dealkylation sites (N-methyl/N-ethyl adjacent to an activating group) is 1. The summed E-state index contributed by atoms with van der Waals surface area (Å²) in [6.07, 6.45) is -4.44. The van der Waals surface area contributed by atoms with Gasteiger partial charge in [0.25, 0.3) is 0 Å². The van der Waals surface area contributed by atoms with E-state index in [2.05, 4.69) is 0 Å². The number of ether oxygens (including phenoxy) is 1. The van der Waals surface area contributed by atoms with Gasteiger partial charge in [-0.3, -0.25) is 9.69 Å². The van der Waals surface area contributed by atoms with E-state index in [1.54, 1.807) is 0 Å². The molecule has 0 atom stereocenters. The van der Waals surface area contributed by atoms with Crippen LogP contribution in [-0.4, -0.2) is 48.5 Å². The van der Waals surface area contributed by atoms with E-state index in [4.69, 9.17) is 4.74 Å². The lowest BCUT2D eigenvalue weighted by molar-refractivity contribution is -0.137. The maximum atomic E-state index is 12.5. The molecule has 0 unspecified atom stereocenters. The highest BCUT2D eigenvalue weighted by atomic mass is 19.4. The van der Waals surface area contributed by atoms with Crippen LogP contribution < -0.4 is 4.74 Å². The lowest BCUT2D eigenvalue weighted by atomic mass is 10.2. The van der Waals surface area contributed by atoms with Crippen molar-refractivity contribution >= 4 is 11.9 Å². The summed E-state index contributed by atoms with van der Waals surface area (Å²) in [7, 11) is 1.49.